The first-order chi connectivity index (χ1) is 14.8. The second kappa shape index (κ2) is 9.02. The fraction of sp³-hybridized carbons (Fsp3) is 0.375. The van der Waals surface area contributed by atoms with Crippen molar-refractivity contribution >= 4 is 47.5 Å². The van der Waals surface area contributed by atoms with Gasteiger partial charge in [0.05, 0.1) is 16.8 Å². The molecule has 5 nitrogen and oxygen atoms in total. The van der Waals surface area contributed by atoms with Gasteiger partial charge in [0.15, 0.2) is 5.01 Å². The first-order valence-corrected chi connectivity index (χ1v) is 15.3. The van der Waals surface area contributed by atoms with Crippen LogP contribution in [0.3, 0.4) is 0 Å². The molecule has 2 aromatic heterocycles. The van der Waals surface area contributed by atoms with Crippen LogP contribution in [0.25, 0.3) is 16.5 Å². The van der Waals surface area contributed by atoms with E-state index in [1.807, 2.05) is 46.5 Å². The van der Waals surface area contributed by atoms with E-state index < -0.39 is 8.07 Å². The number of nitrogens with zero attached hydrogens (tertiary/aromatic N) is 2. The second-order valence-electron chi connectivity index (χ2n) is 9.22. The number of benzene rings is 1. The average Bonchev–Trinajstić information content (AvgIpc) is 3.36. The van der Waals surface area contributed by atoms with Gasteiger partial charge in [-0.2, -0.15) is 0 Å². The zero-order valence-electron chi connectivity index (χ0n) is 18.3. The summed E-state index contributed by atoms with van der Waals surface area (Å²) >= 11 is 1.37. The maximum absolute atomic E-state index is 13.3. The maximum Gasteiger partial charge on any atom is 0.223 e. The molecular formula is C24H28N2O3SSi. The van der Waals surface area contributed by atoms with Crippen molar-refractivity contribution in [1.82, 2.24) is 9.55 Å². The molecule has 3 aromatic rings. The van der Waals surface area contributed by atoms with E-state index in [1.165, 1.54) is 11.3 Å². The molecule has 1 aliphatic carbocycles. The third-order valence-corrected chi connectivity index (χ3v) is 8.08. The normalized spacial score (nSPS) is 14.8. The zero-order valence-corrected chi connectivity index (χ0v) is 20.1. The van der Waals surface area contributed by atoms with Crippen LogP contribution >= 0.6 is 11.3 Å². The lowest BCUT2D eigenvalue weighted by atomic mass is 9.97. The van der Waals surface area contributed by atoms with Crippen LogP contribution in [-0.2, 0) is 16.3 Å². The number of thiazole rings is 1. The van der Waals surface area contributed by atoms with Crippen LogP contribution in [0.5, 0.6) is 0 Å². The highest BCUT2D eigenvalue weighted by Crippen LogP contribution is 2.29. The second-order valence-corrected chi connectivity index (χ2v) is 15.7. The summed E-state index contributed by atoms with van der Waals surface area (Å²) in [5.74, 6) is 0.191. The van der Waals surface area contributed by atoms with Crippen molar-refractivity contribution in [3.63, 3.8) is 0 Å². The van der Waals surface area contributed by atoms with Crippen LogP contribution in [0.2, 0.25) is 25.7 Å². The van der Waals surface area contributed by atoms with E-state index in [4.69, 9.17) is 4.74 Å². The number of hydrogen-bond acceptors (Lipinski definition) is 5. The van der Waals surface area contributed by atoms with Crippen molar-refractivity contribution < 1.29 is 14.3 Å². The van der Waals surface area contributed by atoms with Crippen LogP contribution < -0.4 is 0 Å². The number of fused-ring (bicyclic) bond motifs is 1. The highest BCUT2D eigenvalue weighted by molar-refractivity contribution is 7.12. The van der Waals surface area contributed by atoms with Crippen molar-refractivity contribution in [1.29, 1.82) is 0 Å². The number of hydrogen-bond donors (Lipinski definition) is 0. The van der Waals surface area contributed by atoms with E-state index in [-0.39, 0.29) is 11.6 Å². The Bertz CT molecular complexity index is 1150. The number of aromatic nitrogens is 2. The van der Waals surface area contributed by atoms with E-state index in [9.17, 15) is 9.59 Å². The first-order valence-electron chi connectivity index (χ1n) is 10.7. The van der Waals surface area contributed by atoms with Gasteiger partial charge in [-0.1, -0.05) is 43.9 Å². The molecule has 1 aliphatic rings. The minimum absolute atomic E-state index is 0.0687. The highest BCUT2D eigenvalue weighted by atomic mass is 32.1. The van der Waals surface area contributed by atoms with Crippen LogP contribution in [0.1, 0.15) is 40.3 Å². The summed E-state index contributed by atoms with van der Waals surface area (Å²) in [6, 6.07) is 9.04. The number of carbonyl (C=O) groups is 2. The van der Waals surface area contributed by atoms with Gasteiger partial charge in [0.25, 0.3) is 0 Å². The molecule has 7 heteroatoms. The molecule has 0 atom stereocenters. The van der Waals surface area contributed by atoms with E-state index in [0.717, 1.165) is 34.8 Å². The van der Waals surface area contributed by atoms with Gasteiger partial charge in [-0.3, -0.25) is 9.59 Å². The fourth-order valence-corrected chi connectivity index (χ4v) is 5.22. The predicted octanol–water partition coefficient (Wildman–Crippen LogP) is 5.78. The summed E-state index contributed by atoms with van der Waals surface area (Å²) in [7, 11) is -1.14. The Hall–Kier alpha value is -2.35. The molecule has 0 aliphatic heterocycles. The van der Waals surface area contributed by atoms with Crippen LogP contribution in [0.15, 0.2) is 41.9 Å². The molecule has 1 aromatic carbocycles. The number of allylic oxidation sites excluding steroid dienone is 2. The molecule has 0 amide bonds. The molecule has 162 valence electrons. The minimum atomic E-state index is -1.14. The lowest BCUT2D eigenvalue weighted by Crippen LogP contribution is -2.21. The molecule has 0 bridgehead atoms. The summed E-state index contributed by atoms with van der Waals surface area (Å²) in [6.45, 7) is 8.17. The molecule has 0 saturated heterocycles. The van der Waals surface area contributed by atoms with E-state index in [0.29, 0.717) is 36.6 Å². The lowest BCUT2D eigenvalue weighted by molar-refractivity contribution is -0.118. The monoisotopic (exact) mass is 452 g/mol. The maximum atomic E-state index is 13.3. The molecule has 0 saturated carbocycles. The molecule has 2 heterocycles. The first kappa shape index (κ1) is 21.9. The molecular weight excluding hydrogens is 424 g/mol. The van der Waals surface area contributed by atoms with Crippen LogP contribution in [0, 0.1) is 0 Å². The summed E-state index contributed by atoms with van der Waals surface area (Å²) < 4.78 is 7.94. The van der Waals surface area contributed by atoms with Crippen molar-refractivity contribution in [3.05, 3.63) is 58.2 Å². The topological polar surface area (TPSA) is 61.2 Å². The Morgan fingerprint density at radius 2 is 2.03 bits per heavy atom. The third-order valence-electron chi connectivity index (χ3n) is 5.54. The summed E-state index contributed by atoms with van der Waals surface area (Å²) in [6.07, 6.45) is 5.55. The van der Waals surface area contributed by atoms with Gasteiger partial charge in [0.2, 0.25) is 5.78 Å². The van der Waals surface area contributed by atoms with Crippen molar-refractivity contribution in [3.8, 4) is 0 Å². The largest absolute Gasteiger partial charge is 0.361 e. The average molecular weight is 453 g/mol. The van der Waals surface area contributed by atoms with Gasteiger partial charge >= 0.3 is 0 Å². The summed E-state index contributed by atoms with van der Waals surface area (Å²) in [5.41, 5.74) is 3.52. The number of para-hydroxylation sites is 1. The lowest BCUT2D eigenvalue weighted by Gasteiger charge is -2.15. The molecule has 31 heavy (non-hydrogen) atoms. The number of carbonyl (C=O) groups excluding carboxylic acids is 2. The summed E-state index contributed by atoms with van der Waals surface area (Å²) in [4.78, 5) is 29.4. The number of ether oxygens (including phenoxy) is 1. The SMILES string of the molecule is C[Si](C)(C)CCOCn1cc(C(=O)c2nc(C3=CCC(=O)CC3)cs2)c2ccccc21. The number of Topliss-reactive ketones (excluding diaryl/α,β-unsaturated/α-hetero) is 1. The van der Waals surface area contributed by atoms with Crippen molar-refractivity contribution in [2.75, 3.05) is 6.61 Å². The van der Waals surface area contributed by atoms with Crippen molar-refractivity contribution in [2.24, 2.45) is 0 Å². The van der Waals surface area contributed by atoms with Gasteiger partial charge in [-0.15, -0.1) is 11.3 Å². The van der Waals surface area contributed by atoms with Crippen LogP contribution in [0.4, 0.5) is 0 Å². The van der Waals surface area contributed by atoms with Crippen LogP contribution in [-0.4, -0.2) is 35.8 Å². The molecule has 0 radical (unpaired) electrons. The van der Waals surface area contributed by atoms with Gasteiger partial charge in [-0.05, 0) is 24.1 Å². The smallest absolute Gasteiger partial charge is 0.223 e. The minimum Gasteiger partial charge on any atom is -0.361 e. The Kier molecular flexibility index (Phi) is 6.36. The Balaban J connectivity index is 1.55. The molecule has 0 N–H and O–H groups in total. The van der Waals surface area contributed by atoms with Gasteiger partial charge in [0, 0.05) is 44.5 Å². The molecule has 0 unspecified atom stereocenters. The van der Waals surface area contributed by atoms with Gasteiger partial charge < -0.3 is 9.30 Å². The van der Waals surface area contributed by atoms with E-state index >= 15 is 0 Å². The fourth-order valence-electron chi connectivity index (χ4n) is 3.66. The van der Waals surface area contributed by atoms with Crippen molar-refractivity contribution in [2.45, 2.75) is 51.7 Å². The Morgan fingerprint density at radius 3 is 2.77 bits per heavy atom. The van der Waals surface area contributed by atoms with Gasteiger partial charge in [0.1, 0.15) is 12.5 Å². The van der Waals surface area contributed by atoms with E-state index in [2.05, 4.69) is 24.6 Å². The third kappa shape index (κ3) is 5.11. The number of ketones is 2. The Labute approximate surface area is 187 Å². The zero-order chi connectivity index (χ0) is 22.0. The quantitative estimate of drug-likeness (QED) is 0.247. The predicted molar refractivity (Wildman–Crippen MR) is 128 cm³/mol. The summed E-state index contributed by atoms with van der Waals surface area (Å²) in [5, 5.41) is 3.32. The van der Waals surface area contributed by atoms with Gasteiger partial charge in [-0.25, -0.2) is 4.98 Å². The standard InChI is InChI=1S/C24H28N2O3SSi/c1-31(2,3)13-12-29-16-26-14-20(19-6-4-5-7-22(19)26)23(28)24-25-21(15-30-24)17-8-10-18(27)11-9-17/h4-8,14-15H,9-13,16H2,1-3H3. The molecule has 0 fully saturated rings. The Morgan fingerprint density at radius 1 is 1.23 bits per heavy atom. The van der Waals surface area contributed by atoms with E-state index in [1.54, 1.807) is 0 Å². The molecule has 4 rings (SSSR count). The molecule has 0 spiro atoms. The highest BCUT2D eigenvalue weighted by Gasteiger charge is 2.21. The number of rotatable bonds is 8.